The zero-order valence-corrected chi connectivity index (χ0v) is 12.6. The van der Waals surface area contributed by atoms with E-state index in [1.807, 2.05) is 14.1 Å². The van der Waals surface area contributed by atoms with Crippen molar-refractivity contribution in [3.8, 4) is 0 Å². The van der Waals surface area contributed by atoms with Crippen LogP contribution in [-0.2, 0) is 10.1 Å². The van der Waals surface area contributed by atoms with E-state index in [0.29, 0.717) is 6.42 Å². The fourth-order valence-electron chi connectivity index (χ4n) is 1.41. The molecule has 0 fully saturated rings. The third kappa shape index (κ3) is 15.8. The summed E-state index contributed by atoms with van der Waals surface area (Å²) in [6, 6.07) is 0. The second-order valence-corrected chi connectivity index (χ2v) is 5.88. The molecule has 0 saturated heterocycles. The van der Waals surface area contributed by atoms with Crippen molar-refractivity contribution in [2.45, 2.75) is 63.8 Å². The Morgan fingerprint density at radius 2 is 1.44 bits per heavy atom. The molecule has 0 rings (SSSR count). The van der Waals surface area contributed by atoms with Crippen LogP contribution in [0.4, 0.5) is 4.39 Å². The first-order valence-electron chi connectivity index (χ1n) is 6.59. The van der Waals surface area contributed by atoms with E-state index in [9.17, 15) is 12.8 Å². The Bertz CT molecular complexity index is 258. The third-order valence-electron chi connectivity index (χ3n) is 2.36. The van der Waals surface area contributed by atoms with Gasteiger partial charge < -0.3 is 5.32 Å². The first-order chi connectivity index (χ1) is 8.40. The van der Waals surface area contributed by atoms with E-state index in [1.54, 1.807) is 0 Å². The molecule has 4 nitrogen and oxygen atoms in total. The van der Waals surface area contributed by atoms with Crippen molar-refractivity contribution in [3.63, 3.8) is 0 Å². The summed E-state index contributed by atoms with van der Waals surface area (Å²) in [5, 5.41) is 2.75. The maximum atomic E-state index is 12.7. The zero-order chi connectivity index (χ0) is 14.4. The first-order valence-corrected chi connectivity index (χ1v) is 8.09. The van der Waals surface area contributed by atoms with Crippen molar-refractivity contribution >= 4 is 10.1 Å². The highest BCUT2D eigenvalue weighted by Crippen LogP contribution is 2.13. The molecule has 2 N–H and O–H groups in total. The van der Waals surface area contributed by atoms with Crippen LogP contribution in [-0.4, -0.2) is 32.6 Å². The molecule has 6 heteroatoms. The van der Waals surface area contributed by atoms with Crippen LogP contribution in [0.5, 0.6) is 0 Å². The normalized spacial score (nSPS) is 12.7. The molecule has 0 saturated carbocycles. The minimum atomic E-state index is -4.47. The first kappa shape index (κ1) is 20.1. The van der Waals surface area contributed by atoms with Gasteiger partial charge in [-0.3, -0.25) is 4.55 Å². The Hall–Kier alpha value is -0.200. The van der Waals surface area contributed by atoms with E-state index in [-0.39, 0.29) is 6.42 Å². The highest BCUT2D eigenvalue weighted by Gasteiger charge is 2.20. The van der Waals surface area contributed by atoms with Crippen molar-refractivity contribution < 1.29 is 17.4 Å². The summed E-state index contributed by atoms with van der Waals surface area (Å²) in [6.45, 7) is 2.14. The number of hydrogen-bond donors (Lipinski definition) is 2. The smallest absolute Gasteiger partial charge is 0.297 e. The highest BCUT2D eigenvalue weighted by atomic mass is 32.2. The van der Waals surface area contributed by atoms with E-state index in [4.69, 9.17) is 4.55 Å². The largest absolute Gasteiger partial charge is 0.323 e. The molecule has 1 atom stereocenters. The zero-order valence-electron chi connectivity index (χ0n) is 11.8. The van der Waals surface area contributed by atoms with Gasteiger partial charge in [0, 0.05) is 0 Å². The monoisotopic (exact) mass is 285 g/mol. The van der Waals surface area contributed by atoms with E-state index in [2.05, 4.69) is 12.2 Å². The summed E-state index contributed by atoms with van der Waals surface area (Å²) in [5.41, 5.74) is -2.10. The molecule has 0 heterocycles. The minimum absolute atomic E-state index is 0.0907. The molecule has 0 aromatic rings. The third-order valence-corrected chi connectivity index (χ3v) is 3.24. The van der Waals surface area contributed by atoms with Gasteiger partial charge in [0.05, 0.1) is 0 Å². The molecule has 0 bridgehead atoms. The van der Waals surface area contributed by atoms with Gasteiger partial charge in [0.15, 0.2) is 0 Å². The van der Waals surface area contributed by atoms with Crippen LogP contribution in [0.1, 0.15) is 58.3 Å². The molecule has 0 spiro atoms. The maximum Gasteiger partial charge on any atom is 0.297 e. The average Bonchev–Trinajstić information content (AvgIpc) is 2.27. The van der Waals surface area contributed by atoms with Gasteiger partial charge in [-0.15, -0.1) is 0 Å². The molecule has 0 aromatic carbocycles. The van der Waals surface area contributed by atoms with Gasteiger partial charge >= 0.3 is 0 Å². The summed E-state index contributed by atoms with van der Waals surface area (Å²) in [5.74, 6) is 0. The predicted molar refractivity (Wildman–Crippen MR) is 74.0 cm³/mol. The number of alkyl halides is 1. The quantitative estimate of drug-likeness (QED) is 0.504. The lowest BCUT2D eigenvalue weighted by Gasteiger charge is -2.04. The lowest BCUT2D eigenvalue weighted by atomic mass is 10.1. The lowest BCUT2D eigenvalue weighted by molar-refractivity contribution is 0.350. The molecular formula is C12H28FNO3S. The van der Waals surface area contributed by atoms with Gasteiger partial charge in [-0.1, -0.05) is 45.4 Å². The van der Waals surface area contributed by atoms with E-state index < -0.39 is 15.6 Å². The topological polar surface area (TPSA) is 66.4 Å². The minimum Gasteiger partial charge on any atom is -0.323 e. The number of halogens is 1. The van der Waals surface area contributed by atoms with Crippen LogP contribution in [0.3, 0.4) is 0 Å². The van der Waals surface area contributed by atoms with Gasteiger partial charge in [0.1, 0.15) is 0 Å². The van der Waals surface area contributed by atoms with Crippen LogP contribution >= 0.6 is 0 Å². The van der Waals surface area contributed by atoms with Crippen LogP contribution in [0.2, 0.25) is 0 Å². The van der Waals surface area contributed by atoms with E-state index >= 15 is 0 Å². The number of unbranched alkanes of at least 4 members (excludes halogenated alkanes) is 6. The van der Waals surface area contributed by atoms with Crippen molar-refractivity contribution in [2.75, 3.05) is 14.1 Å². The van der Waals surface area contributed by atoms with Gasteiger partial charge in [0.25, 0.3) is 10.1 Å². The molecular weight excluding hydrogens is 257 g/mol. The van der Waals surface area contributed by atoms with Crippen molar-refractivity contribution in [2.24, 2.45) is 0 Å². The van der Waals surface area contributed by atoms with Gasteiger partial charge in [0.2, 0.25) is 5.50 Å². The van der Waals surface area contributed by atoms with Crippen LogP contribution in [0, 0.1) is 0 Å². The fraction of sp³-hybridized carbons (Fsp3) is 1.00. The molecule has 112 valence electrons. The van der Waals surface area contributed by atoms with Crippen molar-refractivity contribution in [1.82, 2.24) is 5.32 Å². The van der Waals surface area contributed by atoms with E-state index in [0.717, 1.165) is 19.3 Å². The lowest BCUT2D eigenvalue weighted by Crippen LogP contribution is -2.14. The fourth-order valence-corrected chi connectivity index (χ4v) is 1.88. The van der Waals surface area contributed by atoms with Gasteiger partial charge in [-0.05, 0) is 26.9 Å². The summed E-state index contributed by atoms with van der Waals surface area (Å²) in [4.78, 5) is 0. The summed E-state index contributed by atoms with van der Waals surface area (Å²) in [6.07, 6.45) is 6.99. The summed E-state index contributed by atoms with van der Waals surface area (Å²) in [7, 11) is -0.721. The number of rotatable bonds is 9. The standard InChI is InChI=1S/C10H21FO3S.C2H7N/c1-2-3-4-5-6-7-8-9-10(11)15(12,13)14;1-3-2/h10H,2-9H2,1H3,(H,12,13,14);3H,1-2H3. The summed E-state index contributed by atoms with van der Waals surface area (Å²) < 4.78 is 41.7. The molecule has 18 heavy (non-hydrogen) atoms. The average molecular weight is 285 g/mol. The molecule has 0 aromatic heterocycles. The highest BCUT2D eigenvalue weighted by molar-refractivity contribution is 7.86. The Balaban J connectivity index is 0. The SMILES string of the molecule is CCCCCCCCCC(F)S(=O)(=O)O.CNC. The number of hydrogen-bond acceptors (Lipinski definition) is 3. The Morgan fingerprint density at radius 1 is 1.06 bits per heavy atom. The van der Waals surface area contributed by atoms with Gasteiger partial charge in [-0.2, -0.15) is 8.42 Å². The van der Waals surface area contributed by atoms with Gasteiger partial charge in [-0.25, -0.2) is 4.39 Å². The molecule has 0 aliphatic carbocycles. The maximum absolute atomic E-state index is 12.7. The Labute approximate surface area is 111 Å². The molecule has 0 aliphatic rings. The second-order valence-electron chi connectivity index (χ2n) is 4.34. The molecule has 0 amide bonds. The molecule has 0 radical (unpaired) electrons. The number of nitrogens with one attached hydrogen (secondary N) is 1. The molecule has 0 aliphatic heterocycles. The van der Waals surface area contributed by atoms with Crippen LogP contribution in [0.15, 0.2) is 0 Å². The predicted octanol–water partition coefficient (Wildman–Crippen LogP) is 3.15. The van der Waals surface area contributed by atoms with Crippen LogP contribution < -0.4 is 5.32 Å². The summed E-state index contributed by atoms with van der Waals surface area (Å²) >= 11 is 0. The molecule has 1 unspecified atom stereocenters. The Morgan fingerprint density at radius 3 is 1.83 bits per heavy atom. The second kappa shape index (κ2) is 13.2. The van der Waals surface area contributed by atoms with Crippen molar-refractivity contribution in [1.29, 1.82) is 0 Å². The van der Waals surface area contributed by atoms with Crippen LogP contribution in [0.25, 0.3) is 0 Å². The van der Waals surface area contributed by atoms with E-state index in [1.165, 1.54) is 19.3 Å². The Kier molecular flexibility index (Phi) is 14.8. The van der Waals surface area contributed by atoms with Crippen molar-refractivity contribution in [3.05, 3.63) is 0 Å².